The number of rotatable bonds is 3. The Bertz CT molecular complexity index is 528. The highest BCUT2D eigenvalue weighted by Gasteiger charge is 2.42. The molecule has 2 N–H and O–H groups in total. The lowest BCUT2D eigenvalue weighted by Crippen LogP contribution is -2.53. The molecule has 0 radical (unpaired) electrons. The monoisotopic (exact) mass is 312 g/mol. The lowest BCUT2D eigenvalue weighted by Gasteiger charge is -2.35. The van der Waals surface area contributed by atoms with Crippen LogP contribution in [0.3, 0.4) is 0 Å². The van der Waals surface area contributed by atoms with E-state index in [1.807, 2.05) is 0 Å². The molecular formula is C10H20N2O5S2. The molecule has 2 saturated heterocycles. The summed E-state index contributed by atoms with van der Waals surface area (Å²) < 4.78 is 54.4. The summed E-state index contributed by atoms with van der Waals surface area (Å²) in [6.07, 6.45) is -0.147. The average molecular weight is 312 g/mol. The minimum absolute atomic E-state index is 0.0437. The molecule has 9 heteroatoms. The summed E-state index contributed by atoms with van der Waals surface area (Å²) in [7, 11) is -6.79. The first kappa shape index (κ1) is 15.2. The van der Waals surface area contributed by atoms with Crippen molar-refractivity contribution in [1.82, 2.24) is 4.31 Å². The van der Waals surface area contributed by atoms with Crippen LogP contribution in [0.2, 0.25) is 0 Å². The van der Waals surface area contributed by atoms with Crippen LogP contribution in [-0.2, 0) is 24.6 Å². The van der Waals surface area contributed by atoms with E-state index in [2.05, 4.69) is 0 Å². The second-order valence-corrected chi connectivity index (χ2v) is 9.64. The fourth-order valence-electron chi connectivity index (χ4n) is 2.41. The van der Waals surface area contributed by atoms with Gasteiger partial charge in [-0.1, -0.05) is 0 Å². The molecule has 0 aromatic rings. The molecule has 7 nitrogen and oxygen atoms in total. The number of ether oxygens (including phenoxy) is 1. The molecule has 2 fully saturated rings. The Morgan fingerprint density at radius 2 is 2.11 bits per heavy atom. The normalized spacial score (nSPS) is 34.2. The van der Waals surface area contributed by atoms with Crippen LogP contribution in [0.15, 0.2) is 0 Å². The van der Waals surface area contributed by atoms with Crippen molar-refractivity contribution in [1.29, 1.82) is 0 Å². The van der Waals surface area contributed by atoms with E-state index in [1.165, 1.54) is 4.31 Å². The minimum atomic E-state index is -3.58. The summed E-state index contributed by atoms with van der Waals surface area (Å²) >= 11 is 0. The fraction of sp³-hybridized carbons (Fsp3) is 1.00. The van der Waals surface area contributed by atoms with Crippen LogP contribution in [-0.4, -0.2) is 69.7 Å². The van der Waals surface area contributed by atoms with Gasteiger partial charge in [0, 0.05) is 19.1 Å². The molecule has 2 aliphatic heterocycles. The van der Waals surface area contributed by atoms with Crippen LogP contribution in [0.4, 0.5) is 0 Å². The zero-order valence-electron chi connectivity index (χ0n) is 10.9. The molecule has 3 atom stereocenters. The highest BCUT2D eigenvalue weighted by Crippen LogP contribution is 2.24. The Kier molecular flexibility index (Phi) is 4.22. The highest BCUT2D eigenvalue weighted by molar-refractivity contribution is 7.95. The molecule has 0 amide bonds. The minimum Gasteiger partial charge on any atom is -0.374 e. The lowest BCUT2D eigenvalue weighted by molar-refractivity contribution is -0.0122. The van der Waals surface area contributed by atoms with Gasteiger partial charge in [0.25, 0.3) is 0 Å². The Labute approximate surface area is 114 Å². The van der Waals surface area contributed by atoms with Crippen molar-refractivity contribution in [2.45, 2.75) is 30.7 Å². The smallest absolute Gasteiger partial charge is 0.218 e. The molecular weight excluding hydrogens is 292 g/mol. The van der Waals surface area contributed by atoms with Gasteiger partial charge in [-0.15, -0.1) is 0 Å². The third kappa shape index (κ3) is 3.27. The third-order valence-electron chi connectivity index (χ3n) is 3.61. The quantitative estimate of drug-likeness (QED) is 0.683. The number of sulfonamides is 1. The van der Waals surface area contributed by atoms with Gasteiger partial charge in [-0.25, -0.2) is 16.8 Å². The molecule has 112 valence electrons. The second kappa shape index (κ2) is 5.28. The molecule has 19 heavy (non-hydrogen) atoms. The van der Waals surface area contributed by atoms with E-state index in [4.69, 9.17) is 10.5 Å². The Morgan fingerprint density at radius 3 is 2.63 bits per heavy atom. The van der Waals surface area contributed by atoms with E-state index < -0.39 is 25.1 Å². The summed E-state index contributed by atoms with van der Waals surface area (Å²) in [6, 6.07) is -0.259. The van der Waals surface area contributed by atoms with Gasteiger partial charge in [-0.3, -0.25) is 0 Å². The van der Waals surface area contributed by atoms with Crippen molar-refractivity contribution in [3.63, 3.8) is 0 Å². The van der Waals surface area contributed by atoms with Crippen molar-refractivity contribution < 1.29 is 21.6 Å². The maximum Gasteiger partial charge on any atom is 0.218 e. The van der Waals surface area contributed by atoms with Gasteiger partial charge < -0.3 is 10.5 Å². The molecule has 2 aliphatic rings. The first-order chi connectivity index (χ1) is 8.72. The number of nitrogens with zero attached hydrogens (tertiary/aromatic N) is 1. The van der Waals surface area contributed by atoms with Crippen molar-refractivity contribution in [2.75, 3.05) is 31.2 Å². The average Bonchev–Trinajstić information content (AvgIpc) is 2.70. The van der Waals surface area contributed by atoms with Gasteiger partial charge in [-0.2, -0.15) is 4.31 Å². The zero-order valence-corrected chi connectivity index (χ0v) is 12.5. The van der Waals surface area contributed by atoms with Crippen molar-refractivity contribution >= 4 is 19.9 Å². The van der Waals surface area contributed by atoms with E-state index in [9.17, 15) is 16.8 Å². The molecule has 3 unspecified atom stereocenters. The summed E-state index contributed by atoms with van der Waals surface area (Å²) in [4.78, 5) is 0. The maximum absolute atomic E-state index is 12.4. The van der Waals surface area contributed by atoms with E-state index in [-0.39, 0.29) is 43.2 Å². The van der Waals surface area contributed by atoms with Gasteiger partial charge in [-0.05, 0) is 13.3 Å². The third-order valence-corrected chi connectivity index (χ3v) is 7.89. The molecule has 2 rings (SSSR count). The fourth-order valence-corrected chi connectivity index (χ4v) is 6.93. The Balaban J connectivity index is 2.12. The van der Waals surface area contributed by atoms with E-state index in [1.54, 1.807) is 6.92 Å². The Morgan fingerprint density at radius 1 is 1.42 bits per heavy atom. The molecule has 0 aliphatic carbocycles. The predicted octanol–water partition coefficient (Wildman–Crippen LogP) is -1.45. The second-order valence-electron chi connectivity index (χ2n) is 5.20. The molecule has 0 aromatic heterocycles. The van der Waals surface area contributed by atoms with Crippen LogP contribution in [0, 0.1) is 0 Å². The molecule has 0 spiro atoms. The molecule has 0 bridgehead atoms. The molecule has 0 aromatic carbocycles. The van der Waals surface area contributed by atoms with E-state index in [0.717, 1.165) is 0 Å². The van der Waals surface area contributed by atoms with Crippen LogP contribution in [0.5, 0.6) is 0 Å². The topological polar surface area (TPSA) is 107 Å². The first-order valence-corrected chi connectivity index (χ1v) is 9.61. The lowest BCUT2D eigenvalue weighted by atomic mass is 10.2. The predicted molar refractivity (Wildman–Crippen MR) is 70.9 cm³/mol. The number of nitrogens with two attached hydrogens (primary N) is 1. The maximum atomic E-state index is 12.4. The van der Waals surface area contributed by atoms with E-state index in [0.29, 0.717) is 6.61 Å². The SMILES string of the molecule is CC(N)C1CN(S(=O)(=O)C2CCS(=O)(=O)C2)CCO1. The van der Waals surface area contributed by atoms with Gasteiger partial charge >= 0.3 is 0 Å². The van der Waals surface area contributed by atoms with Crippen LogP contribution in [0.25, 0.3) is 0 Å². The van der Waals surface area contributed by atoms with Crippen LogP contribution >= 0.6 is 0 Å². The molecule has 2 heterocycles. The first-order valence-electron chi connectivity index (χ1n) is 6.29. The Hall–Kier alpha value is -0.220. The number of hydrogen-bond acceptors (Lipinski definition) is 6. The molecule has 0 saturated carbocycles. The summed E-state index contributed by atoms with van der Waals surface area (Å²) in [5, 5.41) is -0.815. The van der Waals surface area contributed by atoms with Gasteiger partial charge in [0.2, 0.25) is 10.0 Å². The number of hydrogen-bond donors (Lipinski definition) is 1. The largest absolute Gasteiger partial charge is 0.374 e. The van der Waals surface area contributed by atoms with Gasteiger partial charge in [0.1, 0.15) is 0 Å². The standard InChI is InChI=1S/C10H20N2O5S2/c1-8(11)10-6-12(3-4-17-10)19(15,16)9-2-5-18(13,14)7-9/h8-10H,2-7,11H2,1H3. The zero-order chi connectivity index (χ0) is 14.3. The van der Waals surface area contributed by atoms with Crippen LogP contribution < -0.4 is 5.73 Å². The number of sulfone groups is 1. The van der Waals surface area contributed by atoms with E-state index >= 15 is 0 Å². The summed E-state index contributed by atoms with van der Waals surface area (Å²) in [5.41, 5.74) is 5.73. The van der Waals surface area contributed by atoms with Gasteiger partial charge in [0.15, 0.2) is 9.84 Å². The van der Waals surface area contributed by atoms with Gasteiger partial charge in [0.05, 0.1) is 29.5 Å². The summed E-state index contributed by atoms with van der Waals surface area (Å²) in [5.74, 6) is -0.312. The van der Waals surface area contributed by atoms with Crippen molar-refractivity contribution in [3.8, 4) is 0 Å². The van der Waals surface area contributed by atoms with Crippen LogP contribution in [0.1, 0.15) is 13.3 Å². The highest BCUT2D eigenvalue weighted by atomic mass is 32.2. The van der Waals surface area contributed by atoms with Crippen molar-refractivity contribution in [3.05, 3.63) is 0 Å². The number of morpholine rings is 1. The summed E-state index contributed by atoms with van der Waals surface area (Å²) in [6.45, 7) is 2.53. The van der Waals surface area contributed by atoms with Crippen molar-refractivity contribution in [2.24, 2.45) is 5.73 Å².